The van der Waals surface area contributed by atoms with Crippen LogP contribution in [0.25, 0.3) is 0 Å². The van der Waals surface area contributed by atoms with Crippen molar-refractivity contribution in [1.29, 1.82) is 0 Å². The van der Waals surface area contributed by atoms with Crippen LogP contribution < -0.4 is 21.5 Å². The van der Waals surface area contributed by atoms with Gasteiger partial charge < -0.3 is 10.6 Å². The summed E-state index contributed by atoms with van der Waals surface area (Å²) in [5, 5.41) is 5.39. The molecular weight excluding hydrogens is 332 g/mol. The standard InChI is InChI=1S/C15H20N4O4S/c1-8(15(2,3)4)17-10-11(13(21)12(10)20)18-9-6-7-16-14(19-9)24(5,22)23/h6-8,17H,1-5H3,(H,16,18,19)/t8-/m1/s1. The van der Waals surface area contributed by atoms with Crippen molar-refractivity contribution < 1.29 is 8.42 Å². The van der Waals surface area contributed by atoms with Crippen LogP contribution in [0.1, 0.15) is 27.7 Å². The van der Waals surface area contributed by atoms with Crippen molar-refractivity contribution in [2.75, 3.05) is 16.9 Å². The number of aromatic nitrogens is 2. The van der Waals surface area contributed by atoms with Gasteiger partial charge in [0.1, 0.15) is 17.2 Å². The van der Waals surface area contributed by atoms with Crippen LogP contribution in [0.4, 0.5) is 17.2 Å². The van der Waals surface area contributed by atoms with E-state index in [1.54, 1.807) is 0 Å². The van der Waals surface area contributed by atoms with E-state index in [9.17, 15) is 18.0 Å². The Balaban J connectivity index is 2.31. The maximum Gasteiger partial charge on any atom is 0.253 e. The zero-order valence-corrected chi connectivity index (χ0v) is 15.0. The summed E-state index contributed by atoms with van der Waals surface area (Å²) in [7, 11) is -3.57. The molecule has 0 saturated carbocycles. The fourth-order valence-corrected chi connectivity index (χ4v) is 2.32. The first-order valence-electron chi connectivity index (χ1n) is 7.31. The zero-order valence-electron chi connectivity index (χ0n) is 14.2. The van der Waals surface area contributed by atoms with Crippen molar-refractivity contribution in [3.05, 3.63) is 32.7 Å². The Morgan fingerprint density at radius 3 is 2.25 bits per heavy atom. The van der Waals surface area contributed by atoms with Gasteiger partial charge in [0.25, 0.3) is 10.9 Å². The van der Waals surface area contributed by atoms with E-state index in [2.05, 4.69) is 20.6 Å². The topological polar surface area (TPSA) is 118 Å². The summed E-state index contributed by atoms with van der Waals surface area (Å²) in [6.45, 7) is 7.93. The molecule has 0 bridgehead atoms. The SMILES string of the molecule is C[C@@H](Nc1c(Nc2ccnc(S(C)(=O)=O)n2)c(=O)c1=O)C(C)(C)C. The second-order valence-corrected chi connectivity index (χ2v) is 8.67. The molecule has 0 saturated heterocycles. The molecule has 1 aromatic carbocycles. The summed E-state index contributed by atoms with van der Waals surface area (Å²) in [6, 6.07) is 1.36. The Hall–Kier alpha value is -2.29. The third-order valence-corrected chi connectivity index (χ3v) is 4.65. The maximum atomic E-state index is 11.8. The minimum Gasteiger partial charge on any atom is -0.377 e. The molecule has 0 unspecified atom stereocenters. The van der Waals surface area contributed by atoms with Crippen LogP contribution in [0, 0.1) is 5.41 Å². The van der Waals surface area contributed by atoms with Gasteiger partial charge in [0.05, 0.1) is 0 Å². The number of hydrogen-bond acceptors (Lipinski definition) is 8. The highest BCUT2D eigenvalue weighted by atomic mass is 32.2. The molecule has 0 fully saturated rings. The molecule has 8 nitrogen and oxygen atoms in total. The third-order valence-electron chi connectivity index (χ3n) is 3.79. The Morgan fingerprint density at radius 2 is 1.71 bits per heavy atom. The quantitative estimate of drug-likeness (QED) is 0.606. The number of rotatable bonds is 5. The molecule has 9 heteroatoms. The smallest absolute Gasteiger partial charge is 0.253 e. The molecule has 130 valence electrons. The van der Waals surface area contributed by atoms with Crippen molar-refractivity contribution >= 4 is 27.0 Å². The van der Waals surface area contributed by atoms with Gasteiger partial charge in [-0.1, -0.05) is 20.8 Å². The Labute approximate surface area is 140 Å². The molecule has 2 rings (SSSR count). The normalized spacial score (nSPS) is 13.7. The molecule has 0 amide bonds. The second-order valence-electron chi connectivity index (χ2n) is 6.76. The average Bonchev–Trinajstić information content (AvgIpc) is 2.48. The molecule has 2 N–H and O–H groups in total. The predicted octanol–water partition coefficient (Wildman–Crippen LogP) is 1.07. The monoisotopic (exact) mass is 352 g/mol. The third kappa shape index (κ3) is 3.61. The van der Waals surface area contributed by atoms with E-state index < -0.39 is 20.7 Å². The summed E-state index contributed by atoms with van der Waals surface area (Å²) in [5.41, 5.74) is -1.13. The van der Waals surface area contributed by atoms with Gasteiger partial charge in [0.2, 0.25) is 15.0 Å². The molecule has 1 heterocycles. The van der Waals surface area contributed by atoms with Gasteiger partial charge in [-0.25, -0.2) is 18.4 Å². The van der Waals surface area contributed by atoms with E-state index in [-0.39, 0.29) is 33.8 Å². The molecule has 0 aliphatic carbocycles. The van der Waals surface area contributed by atoms with Crippen LogP contribution in [0.15, 0.2) is 27.0 Å². The van der Waals surface area contributed by atoms with Crippen molar-refractivity contribution in [2.45, 2.75) is 38.9 Å². The van der Waals surface area contributed by atoms with Gasteiger partial charge in [-0.15, -0.1) is 0 Å². The second kappa shape index (κ2) is 5.97. The molecule has 1 atom stereocenters. The van der Waals surface area contributed by atoms with E-state index in [0.29, 0.717) is 0 Å². The number of nitrogens with one attached hydrogen (secondary N) is 2. The van der Waals surface area contributed by atoms with E-state index in [1.807, 2.05) is 27.7 Å². The van der Waals surface area contributed by atoms with Gasteiger partial charge in [-0.2, -0.15) is 0 Å². The highest BCUT2D eigenvalue weighted by molar-refractivity contribution is 7.90. The molecule has 0 spiro atoms. The highest BCUT2D eigenvalue weighted by Crippen LogP contribution is 2.26. The molecular formula is C15H20N4O4S. The molecule has 0 aliphatic rings. The van der Waals surface area contributed by atoms with Crippen molar-refractivity contribution in [1.82, 2.24) is 9.97 Å². The lowest BCUT2D eigenvalue weighted by Gasteiger charge is -2.30. The Bertz CT molecular complexity index is 937. The fraction of sp³-hybridized carbons (Fsp3) is 0.467. The fourth-order valence-electron chi connectivity index (χ4n) is 1.80. The van der Waals surface area contributed by atoms with Gasteiger partial charge in [0, 0.05) is 18.5 Å². The van der Waals surface area contributed by atoms with Gasteiger partial charge in [-0.3, -0.25) is 9.59 Å². The molecule has 0 aliphatic heterocycles. The number of hydrogen-bond donors (Lipinski definition) is 2. The van der Waals surface area contributed by atoms with Gasteiger partial charge >= 0.3 is 0 Å². The first-order valence-corrected chi connectivity index (χ1v) is 9.20. The minimum atomic E-state index is -3.57. The van der Waals surface area contributed by atoms with Crippen LogP contribution in [0.2, 0.25) is 0 Å². The lowest BCUT2D eigenvalue weighted by molar-refractivity contribution is 0.359. The molecule has 1 aromatic heterocycles. The number of anilines is 3. The number of sulfone groups is 1. The van der Waals surface area contributed by atoms with Crippen molar-refractivity contribution in [3.63, 3.8) is 0 Å². The highest BCUT2D eigenvalue weighted by Gasteiger charge is 2.27. The van der Waals surface area contributed by atoms with Crippen LogP contribution in [-0.2, 0) is 9.84 Å². The van der Waals surface area contributed by atoms with Crippen LogP contribution in [0.5, 0.6) is 0 Å². The van der Waals surface area contributed by atoms with Crippen LogP contribution in [0.3, 0.4) is 0 Å². The Kier molecular flexibility index (Phi) is 4.49. The van der Waals surface area contributed by atoms with Crippen molar-refractivity contribution in [3.8, 4) is 0 Å². The maximum absolute atomic E-state index is 11.8. The van der Waals surface area contributed by atoms with Crippen LogP contribution in [-0.4, -0.2) is 30.7 Å². The summed E-state index contributed by atoms with van der Waals surface area (Å²) in [4.78, 5) is 31.2. The summed E-state index contributed by atoms with van der Waals surface area (Å²) >= 11 is 0. The first kappa shape index (κ1) is 18.1. The lowest BCUT2D eigenvalue weighted by atomic mass is 9.87. The van der Waals surface area contributed by atoms with E-state index in [0.717, 1.165) is 6.26 Å². The summed E-state index contributed by atoms with van der Waals surface area (Å²) in [6.07, 6.45) is 2.25. The van der Waals surface area contributed by atoms with Gasteiger partial charge in [0.15, 0.2) is 0 Å². The predicted molar refractivity (Wildman–Crippen MR) is 92.3 cm³/mol. The van der Waals surface area contributed by atoms with E-state index in [1.165, 1.54) is 12.3 Å². The van der Waals surface area contributed by atoms with Crippen LogP contribution >= 0.6 is 0 Å². The molecule has 24 heavy (non-hydrogen) atoms. The van der Waals surface area contributed by atoms with E-state index >= 15 is 0 Å². The summed E-state index contributed by atoms with van der Waals surface area (Å²) < 4.78 is 23.0. The van der Waals surface area contributed by atoms with E-state index in [4.69, 9.17) is 0 Å². The van der Waals surface area contributed by atoms with Gasteiger partial charge in [-0.05, 0) is 18.4 Å². The molecule has 0 radical (unpaired) electrons. The molecule has 2 aromatic rings. The minimum absolute atomic E-state index is 0.0571. The summed E-state index contributed by atoms with van der Waals surface area (Å²) in [5.74, 6) is 0.129. The first-order chi connectivity index (χ1) is 10.9. The lowest BCUT2D eigenvalue weighted by Crippen LogP contribution is -2.41. The number of nitrogens with zero attached hydrogens (tertiary/aromatic N) is 2. The average molecular weight is 352 g/mol. The Morgan fingerprint density at radius 1 is 1.12 bits per heavy atom. The van der Waals surface area contributed by atoms with Crippen molar-refractivity contribution in [2.24, 2.45) is 5.41 Å². The zero-order chi connectivity index (χ0) is 18.3. The largest absolute Gasteiger partial charge is 0.377 e.